The summed E-state index contributed by atoms with van der Waals surface area (Å²) >= 11 is 0. The van der Waals surface area contributed by atoms with Crippen LogP contribution in [0.2, 0.25) is 0 Å². The van der Waals surface area contributed by atoms with E-state index in [-0.39, 0.29) is 18.1 Å². The molecule has 17 heavy (non-hydrogen) atoms. The van der Waals surface area contributed by atoms with Crippen molar-refractivity contribution in [2.24, 2.45) is 5.92 Å². The van der Waals surface area contributed by atoms with Crippen molar-refractivity contribution in [1.82, 2.24) is 8.61 Å². The zero-order chi connectivity index (χ0) is 13.4. The molecule has 0 saturated heterocycles. The molecule has 1 fully saturated rings. The van der Waals surface area contributed by atoms with Crippen molar-refractivity contribution in [2.45, 2.75) is 65.6 Å². The van der Waals surface area contributed by atoms with Gasteiger partial charge in [0.1, 0.15) is 0 Å². The van der Waals surface area contributed by atoms with Crippen LogP contribution in [-0.4, -0.2) is 42.2 Å². The van der Waals surface area contributed by atoms with Gasteiger partial charge in [-0.2, -0.15) is 17.0 Å². The number of nitrogens with zero attached hydrogens (tertiary/aromatic N) is 2. The normalized spacial score (nSPS) is 19.6. The summed E-state index contributed by atoms with van der Waals surface area (Å²) in [6.07, 6.45) is 2.00. The molecule has 1 rings (SSSR count). The van der Waals surface area contributed by atoms with Crippen LogP contribution in [0.3, 0.4) is 0 Å². The van der Waals surface area contributed by atoms with Gasteiger partial charge in [0.25, 0.3) is 10.2 Å². The van der Waals surface area contributed by atoms with Gasteiger partial charge in [-0.15, -0.1) is 0 Å². The van der Waals surface area contributed by atoms with Gasteiger partial charge in [0, 0.05) is 25.2 Å². The standard InChI is InChI=1S/C12H26N2O2S/c1-9(2)11(5)14(12-7-8-12)17(15,16)13(6)10(3)4/h9-12H,7-8H2,1-6H3. The minimum Gasteiger partial charge on any atom is -0.195 e. The second-order valence-corrected chi connectivity index (χ2v) is 7.56. The van der Waals surface area contributed by atoms with E-state index in [1.54, 1.807) is 11.4 Å². The SMILES string of the molecule is CC(C)C(C)N(C1CC1)S(=O)(=O)N(C)C(C)C. The van der Waals surface area contributed by atoms with Gasteiger partial charge in [-0.1, -0.05) is 13.8 Å². The second kappa shape index (κ2) is 5.24. The van der Waals surface area contributed by atoms with Gasteiger partial charge >= 0.3 is 0 Å². The monoisotopic (exact) mass is 262 g/mol. The van der Waals surface area contributed by atoms with E-state index in [1.165, 1.54) is 4.31 Å². The Kier molecular flexibility index (Phi) is 4.60. The van der Waals surface area contributed by atoms with Crippen molar-refractivity contribution in [1.29, 1.82) is 0 Å². The quantitative estimate of drug-likeness (QED) is 0.735. The first-order valence-electron chi connectivity index (χ1n) is 6.46. The first kappa shape index (κ1) is 14.9. The molecule has 1 atom stereocenters. The van der Waals surface area contributed by atoms with E-state index in [0.29, 0.717) is 5.92 Å². The number of rotatable bonds is 6. The largest absolute Gasteiger partial charge is 0.282 e. The maximum Gasteiger partial charge on any atom is 0.282 e. The highest BCUT2D eigenvalue weighted by Gasteiger charge is 2.43. The lowest BCUT2D eigenvalue weighted by Crippen LogP contribution is -2.50. The molecule has 4 nitrogen and oxygen atoms in total. The molecule has 1 aliphatic rings. The van der Waals surface area contributed by atoms with Gasteiger partial charge in [-0.05, 0) is 39.5 Å². The second-order valence-electron chi connectivity index (χ2n) is 5.66. The average molecular weight is 262 g/mol. The molecule has 0 amide bonds. The van der Waals surface area contributed by atoms with E-state index in [2.05, 4.69) is 13.8 Å². The molecule has 0 aliphatic heterocycles. The van der Waals surface area contributed by atoms with E-state index in [4.69, 9.17) is 0 Å². The van der Waals surface area contributed by atoms with E-state index >= 15 is 0 Å². The predicted molar refractivity (Wildman–Crippen MR) is 71.0 cm³/mol. The smallest absolute Gasteiger partial charge is 0.195 e. The molecule has 0 aromatic heterocycles. The Morgan fingerprint density at radius 2 is 1.53 bits per heavy atom. The Morgan fingerprint density at radius 1 is 1.06 bits per heavy atom. The van der Waals surface area contributed by atoms with Crippen molar-refractivity contribution in [3.8, 4) is 0 Å². The highest BCUT2D eigenvalue weighted by Crippen LogP contribution is 2.34. The van der Waals surface area contributed by atoms with Crippen LogP contribution < -0.4 is 0 Å². The molecule has 1 unspecified atom stereocenters. The van der Waals surface area contributed by atoms with Crippen LogP contribution in [0.4, 0.5) is 0 Å². The van der Waals surface area contributed by atoms with E-state index in [0.717, 1.165) is 12.8 Å². The molecular weight excluding hydrogens is 236 g/mol. The molecule has 102 valence electrons. The van der Waals surface area contributed by atoms with E-state index < -0.39 is 10.2 Å². The third-order valence-electron chi connectivity index (χ3n) is 3.63. The van der Waals surface area contributed by atoms with E-state index in [9.17, 15) is 8.42 Å². The van der Waals surface area contributed by atoms with Crippen LogP contribution in [-0.2, 0) is 10.2 Å². The van der Waals surface area contributed by atoms with Crippen LogP contribution in [0.5, 0.6) is 0 Å². The average Bonchev–Trinajstić information content (AvgIpc) is 3.00. The Bertz CT molecular complexity index is 348. The summed E-state index contributed by atoms with van der Waals surface area (Å²) in [4.78, 5) is 0. The molecule has 0 aromatic rings. The highest BCUT2D eigenvalue weighted by atomic mass is 32.2. The van der Waals surface area contributed by atoms with E-state index in [1.807, 2.05) is 20.8 Å². The van der Waals surface area contributed by atoms with Gasteiger partial charge in [0.05, 0.1) is 0 Å². The zero-order valence-electron chi connectivity index (χ0n) is 11.8. The maximum atomic E-state index is 12.6. The molecule has 0 heterocycles. The minimum absolute atomic E-state index is 0.000567. The van der Waals surface area contributed by atoms with Crippen molar-refractivity contribution >= 4 is 10.2 Å². The summed E-state index contributed by atoms with van der Waals surface area (Å²) in [6.45, 7) is 9.97. The summed E-state index contributed by atoms with van der Waals surface area (Å²) in [5, 5.41) is 0. The minimum atomic E-state index is -3.31. The fourth-order valence-corrected chi connectivity index (χ4v) is 3.85. The molecule has 1 aliphatic carbocycles. The van der Waals surface area contributed by atoms with Crippen LogP contribution in [0.1, 0.15) is 47.5 Å². The Balaban J connectivity index is 2.98. The van der Waals surface area contributed by atoms with Crippen LogP contribution in [0.25, 0.3) is 0 Å². The van der Waals surface area contributed by atoms with Gasteiger partial charge < -0.3 is 0 Å². The molecule has 5 heteroatoms. The van der Waals surface area contributed by atoms with Crippen molar-refractivity contribution in [2.75, 3.05) is 7.05 Å². The molecule has 0 aromatic carbocycles. The van der Waals surface area contributed by atoms with Gasteiger partial charge in [-0.25, -0.2) is 0 Å². The fraction of sp³-hybridized carbons (Fsp3) is 1.00. The van der Waals surface area contributed by atoms with Crippen LogP contribution in [0, 0.1) is 5.92 Å². The molecule has 0 spiro atoms. The lowest BCUT2D eigenvalue weighted by Gasteiger charge is -2.35. The maximum absolute atomic E-state index is 12.6. The first-order chi connectivity index (χ1) is 7.69. The van der Waals surface area contributed by atoms with Gasteiger partial charge in [0.15, 0.2) is 0 Å². The molecule has 0 N–H and O–H groups in total. The summed E-state index contributed by atoms with van der Waals surface area (Å²) in [6, 6.07) is 0.285. The Hall–Kier alpha value is -0.130. The Labute approximate surface area is 106 Å². The highest BCUT2D eigenvalue weighted by molar-refractivity contribution is 7.86. The Morgan fingerprint density at radius 3 is 1.82 bits per heavy atom. The number of hydrogen-bond acceptors (Lipinski definition) is 2. The van der Waals surface area contributed by atoms with Crippen molar-refractivity contribution in [3.63, 3.8) is 0 Å². The molecule has 0 radical (unpaired) electrons. The van der Waals surface area contributed by atoms with Crippen molar-refractivity contribution in [3.05, 3.63) is 0 Å². The zero-order valence-corrected chi connectivity index (χ0v) is 12.7. The summed E-state index contributed by atoms with van der Waals surface area (Å²) in [7, 11) is -1.65. The van der Waals surface area contributed by atoms with Crippen LogP contribution >= 0.6 is 0 Å². The fourth-order valence-electron chi connectivity index (χ4n) is 1.77. The lowest BCUT2D eigenvalue weighted by molar-refractivity contribution is 0.243. The summed E-state index contributed by atoms with van der Waals surface area (Å²) < 4.78 is 28.3. The van der Waals surface area contributed by atoms with Gasteiger partial charge in [-0.3, -0.25) is 0 Å². The predicted octanol–water partition coefficient (Wildman–Crippen LogP) is 2.08. The molecular formula is C12H26N2O2S. The topological polar surface area (TPSA) is 40.6 Å². The summed E-state index contributed by atoms with van der Waals surface area (Å²) in [5.41, 5.74) is 0. The molecule has 1 saturated carbocycles. The third-order valence-corrected chi connectivity index (χ3v) is 5.94. The molecule has 0 bridgehead atoms. The summed E-state index contributed by atoms with van der Waals surface area (Å²) in [5.74, 6) is 0.339. The van der Waals surface area contributed by atoms with Gasteiger partial charge in [0.2, 0.25) is 0 Å². The lowest BCUT2D eigenvalue weighted by atomic mass is 10.1. The first-order valence-corrected chi connectivity index (χ1v) is 7.85. The van der Waals surface area contributed by atoms with Crippen LogP contribution in [0.15, 0.2) is 0 Å². The van der Waals surface area contributed by atoms with Crippen molar-refractivity contribution < 1.29 is 8.42 Å². The number of hydrogen-bond donors (Lipinski definition) is 0. The third kappa shape index (κ3) is 3.20.